The predicted molar refractivity (Wildman–Crippen MR) is 103 cm³/mol. The first kappa shape index (κ1) is 18.1. The highest BCUT2D eigenvalue weighted by molar-refractivity contribution is 5.92. The van der Waals surface area contributed by atoms with Gasteiger partial charge in [0, 0.05) is 17.5 Å². The zero-order chi connectivity index (χ0) is 18.5. The summed E-state index contributed by atoms with van der Waals surface area (Å²) in [5, 5.41) is 0.913. The van der Waals surface area contributed by atoms with E-state index in [4.69, 9.17) is 4.74 Å². The van der Waals surface area contributed by atoms with Gasteiger partial charge in [-0.15, -0.1) is 0 Å². The third kappa shape index (κ3) is 3.78. The summed E-state index contributed by atoms with van der Waals surface area (Å²) in [6.45, 7) is 7.38. The number of fused-ring (bicyclic) bond motifs is 1. The highest BCUT2D eigenvalue weighted by atomic mass is 19.1. The van der Waals surface area contributed by atoms with Gasteiger partial charge in [0.2, 0.25) is 0 Å². The van der Waals surface area contributed by atoms with Crippen LogP contribution < -0.4 is 10.3 Å². The van der Waals surface area contributed by atoms with Gasteiger partial charge in [-0.05, 0) is 31.3 Å². The maximum Gasteiger partial charge on any atom is 0.256 e. The molecule has 0 fully saturated rings. The standard InChI is InChI=1S/C21H23FN2O2/c1-3-24(4-2)12-13-26-20-17-11-10-16(22)14-18(17)21(25)23-19(20)15-8-6-5-7-9-15/h5-11,14H,3-4,12-13H2,1-2H3,(H,23,25). The van der Waals surface area contributed by atoms with Gasteiger partial charge in [0.25, 0.3) is 5.56 Å². The Labute approximate surface area is 152 Å². The number of nitrogens with one attached hydrogen (secondary N) is 1. The largest absolute Gasteiger partial charge is 0.489 e. The number of nitrogens with zero attached hydrogens (tertiary/aromatic N) is 1. The first-order valence-corrected chi connectivity index (χ1v) is 8.90. The van der Waals surface area contributed by atoms with E-state index in [2.05, 4.69) is 23.7 Å². The molecule has 0 aliphatic carbocycles. The molecule has 1 heterocycles. The van der Waals surface area contributed by atoms with Crippen molar-refractivity contribution in [1.29, 1.82) is 0 Å². The zero-order valence-corrected chi connectivity index (χ0v) is 15.1. The second-order valence-electron chi connectivity index (χ2n) is 6.09. The van der Waals surface area contributed by atoms with E-state index in [-0.39, 0.29) is 5.56 Å². The Kier molecular flexibility index (Phi) is 5.68. The van der Waals surface area contributed by atoms with Crippen LogP contribution in [-0.4, -0.2) is 36.1 Å². The van der Waals surface area contributed by atoms with Crippen LogP contribution in [0.15, 0.2) is 53.3 Å². The minimum Gasteiger partial charge on any atom is -0.489 e. The van der Waals surface area contributed by atoms with Crippen LogP contribution in [0.25, 0.3) is 22.0 Å². The number of hydrogen-bond donors (Lipinski definition) is 1. The SMILES string of the molecule is CCN(CC)CCOc1c(-c2ccccc2)[nH]c(=O)c2cc(F)ccc12. The summed E-state index contributed by atoms with van der Waals surface area (Å²) >= 11 is 0. The number of rotatable bonds is 7. The Morgan fingerprint density at radius 2 is 1.77 bits per heavy atom. The van der Waals surface area contributed by atoms with E-state index < -0.39 is 5.82 Å². The van der Waals surface area contributed by atoms with Crippen molar-refractivity contribution >= 4 is 10.8 Å². The fourth-order valence-corrected chi connectivity index (χ4v) is 3.05. The molecule has 26 heavy (non-hydrogen) atoms. The Morgan fingerprint density at radius 3 is 2.46 bits per heavy atom. The maximum absolute atomic E-state index is 13.6. The van der Waals surface area contributed by atoms with Gasteiger partial charge < -0.3 is 14.6 Å². The number of ether oxygens (including phenoxy) is 1. The summed E-state index contributed by atoms with van der Waals surface area (Å²) in [5.41, 5.74) is 1.15. The number of halogens is 1. The number of benzene rings is 2. The number of pyridine rings is 1. The van der Waals surface area contributed by atoms with Crippen molar-refractivity contribution in [3.05, 3.63) is 64.7 Å². The van der Waals surface area contributed by atoms with Crippen LogP contribution in [0.4, 0.5) is 4.39 Å². The molecule has 1 aromatic heterocycles. The first-order valence-electron chi connectivity index (χ1n) is 8.90. The van der Waals surface area contributed by atoms with Crippen LogP contribution in [0, 0.1) is 5.82 Å². The highest BCUT2D eigenvalue weighted by Crippen LogP contribution is 2.33. The van der Waals surface area contributed by atoms with Gasteiger partial charge in [-0.2, -0.15) is 0 Å². The van der Waals surface area contributed by atoms with Gasteiger partial charge in [-0.3, -0.25) is 4.79 Å². The fraction of sp³-hybridized carbons (Fsp3) is 0.286. The lowest BCUT2D eigenvalue weighted by Gasteiger charge is -2.20. The predicted octanol–water partition coefficient (Wildman–Crippen LogP) is 4.05. The maximum atomic E-state index is 13.6. The number of hydrogen-bond acceptors (Lipinski definition) is 3. The van der Waals surface area contributed by atoms with E-state index in [0.717, 1.165) is 25.2 Å². The smallest absolute Gasteiger partial charge is 0.256 e. The summed E-state index contributed by atoms with van der Waals surface area (Å²) in [5.74, 6) is 0.141. The third-order valence-corrected chi connectivity index (χ3v) is 4.55. The van der Waals surface area contributed by atoms with E-state index >= 15 is 0 Å². The minimum atomic E-state index is -0.440. The van der Waals surface area contributed by atoms with Crippen molar-refractivity contribution < 1.29 is 9.13 Å². The minimum absolute atomic E-state index is 0.294. The Hall–Kier alpha value is -2.66. The number of H-pyrrole nitrogens is 1. The highest BCUT2D eigenvalue weighted by Gasteiger charge is 2.15. The Morgan fingerprint density at radius 1 is 1.04 bits per heavy atom. The van der Waals surface area contributed by atoms with Crippen molar-refractivity contribution in [3.63, 3.8) is 0 Å². The molecule has 0 unspecified atom stereocenters. The van der Waals surface area contributed by atoms with Crippen LogP contribution in [-0.2, 0) is 0 Å². The lowest BCUT2D eigenvalue weighted by atomic mass is 10.1. The molecule has 5 heteroatoms. The Balaban J connectivity index is 2.07. The molecule has 0 spiro atoms. The van der Waals surface area contributed by atoms with Gasteiger partial charge in [0.1, 0.15) is 12.4 Å². The Bertz CT molecular complexity index is 934. The van der Waals surface area contributed by atoms with Crippen molar-refractivity contribution in [2.45, 2.75) is 13.8 Å². The van der Waals surface area contributed by atoms with Crippen LogP contribution >= 0.6 is 0 Å². The molecule has 0 radical (unpaired) electrons. The average Bonchev–Trinajstić information content (AvgIpc) is 2.67. The molecule has 136 valence electrons. The topological polar surface area (TPSA) is 45.3 Å². The summed E-state index contributed by atoms with van der Waals surface area (Å²) in [6.07, 6.45) is 0. The molecule has 4 nitrogen and oxygen atoms in total. The number of aromatic nitrogens is 1. The molecule has 1 N–H and O–H groups in total. The monoisotopic (exact) mass is 354 g/mol. The van der Waals surface area contributed by atoms with Crippen molar-refractivity contribution in [2.75, 3.05) is 26.2 Å². The average molecular weight is 354 g/mol. The molecule has 0 saturated heterocycles. The van der Waals surface area contributed by atoms with Gasteiger partial charge in [0.15, 0.2) is 5.75 Å². The van der Waals surface area contributed by atoms with Crippen LogP contribution in [0.3, 0.4) is 0 Å². The lowest BCUT2D eigenvalue weighted by molar-refractivity contribution is 0.224. The van der Waals surface area contributed by atoms with Crippen LogP contribution in [0.2, 0.25) is 0 Å². The fourth-order valence-electron chi connectivity index (χ4n) is 3.05. The molecule has 3 aromatic rings. The normalized spacial score (nSPS) is 11.2. The summed E-state index contributed by atoms with van der Waals surface area (Å²) < 4.78 is 19.7. The lowest BCUT2D eigenvalue weighted by Crippen LogP contribution is -2.28. The molecule has 0 bridgehead atoms. The van der Waals surface area contributed by atoms with Crippen LogP contribution in [0.5, 0.6) is 5.75 Å². The summed E-state index contributed by atoms with van der Waals surface area (Å²) in [6, 6.07) is 13.8. The van der Waals surface area contributed by atoms with Gasteiger partial charge in [-0.1, -0.05) is 44.2 Å². The van der Waals surface area contributed by atoms with E-state index in [1.54, 1.807) is 6.07 Å². The number of likely N-dealkylation sites (N-methyl/N-ethyl adjacent to an activating group) is 1. The molecule has 0 aliphatic heterocycles. The van der Waals surface area contributed by atoms with Crippen molar-refractivity contribution in [1.82, 2.24) is 9.88 Å². The van der Waals surface area contributed by atoms with Gasteiger partial charge >= 0.3 is 0 Å². The first-order chi connectivity index (χ1) is 12.6. The second kappa shape index (κ2) is 8.15. The van der Waals surface area contributed by atoms with E-state index in [1.807, 2.05) is 30.3 Å². The van der Waals surface area contributed by atoms with Gasteiger partial charge in [0.05, 0.1) is 11.1 Å². The van der Waals surface area contributed by atoms with E-state index in [1.165, 1.54) is 12.1 Å². The van der Waals surface area contributed by atoms with Crippen LogP contribution in [0.1, 0.15) is 13.8 Å². The molecule has 0 saturated carbocycles. The van der Waals surface area contributed by atoms with Crippen molar-refractivity contribution in [3.8, 4) is 17.0 Å². The summed E-state index contributed by atoms with van der Waals surface area (Å²) in [4.78, 5) is 17.6. The molecule has 3 rings (SSSR count). The second-order valence-corrected chi connectivity index (χ2v) is 6.09. The van der Waals surface area contributed by atoms with Gasteiger partial charge in [-0.25, -0.2) is 4.39 Å². The summed E-state index contributed by atoms with van der Waals surface area (Å²) in [7, 11) is 0. The molecule has 0 aliphatic rings. The van der Waals surface area contributed by atoms with Crippen molar-refractivity contribution in [2.24, 2.45) is 0 Å². The van der Waals surface area contributed by atoms with E-state index in [9.17, 15) is 9.18 Å². The molecule has 0 amide bonds. The quantitative estimate of drug-likeness (QED) is 0.696. The molecular weight excluding hydrogens is 331 g/mol. The molecule has 2 aromatic carbocycles. The number of aromatic amines is 1. The third-order valence-electron chi connectivity index (χ3n) is 4.55. The van der Waals surface area contributed by atoms with E-state index in [0.29, 0.717) is 28.8 Å². The zero-order valence-electron chi connectivity index (χ0n) is 15.1. The molecule has 0 atom stereocenters. The molecular formula is C21H23FN2O2.